The molecule has 0 bridgehead atoms. The van der Waals surface area contributed by atoms with E-state index in [4.69, 9.17) is 0 Å². The maximum atomic E-state index is 11.8. The Labute approximate surface area is 90.8 Å². The number of rotatable bonds is 5. The molecule has 0 unspecified atom stereocenters. The zero-order valence-electron chi connectivity index (χ0n) is 9.72. The first kappa shape index (κ1) is 12.0. The number of amides is 2. The van der Waals surface area contributed by atoms with E-state index < -0.39 is 5.41 Å². The molecule has 2 N–H and O–H groups in total. The van der Waals surface area contributed by atoms with Gasteiger partial charge < -0.3 is 10.6 Å². The van der Waals surface area contributed by atoms with E-state index in [1.807, 2.05) is 20.8 Å². The molecular formula is C11H20N2O2. The van der Waals surface area contributed by atoms with Crippen LogP contribution in [0.1, 0.15) is 40.0 Å². The molecule has 0 atom stereocenters. The van der Waals surface area contributed by atoms with Crippen LogP contribution in [0.25, 0.3) is 0 Å². The minimum absolute atomic E-state index is 0.0916. The third-order valence-corrected chi connectivity index (χ3v) is 2.57. The van der Waals surface area contributed by atoms with Gasteiger partial charge in [-0.05, 0) is 33.1 Å². The van der Waals surface area contributed by atoms with Crippen molar-refractivity contribution in [2.24, 2.45) is 5.41 Å². The van der Waals surface area contributed by atoms with E-state index in [9.17, 15) is 9.59 Å². The second-order valence-corrected chi connectivity index (χ2v) is 4.47. The van der Waals surface area contributed by atoms with E-state index in [1.165, 1.54) is 0 Å². The molecule has 1 rings (SSSR count). The number of carbonyl (C=O) groups excluding carboxylic acids is 2. The normalized spacial score (nSPS) is 17.3. The quantitative estimate of drug-likeness (QED) is 0.663. The smallest absolute Gasteiger partial charge is 0.235 e. The summed E-state index contributed by atoms with van der Waals surface area (Å²) in [7, 11) is 0. The Hall–Kier alpha value is -1.06. The van der Waals surface area contributed by atoms with Crippen LogP contribution in [0.15, 0.2) is 0 Å². The average molecular weight is 212 g/mol. The molecule has 0 aromatic carbocycles. The van der Waals surface area contributed by atoms with Gasteiger partial charge in [-0.2, -0.15) is 0 Å². The third kappa shape index (κ3) is 2.70. The van der Waals surface area contributed by atoms with Gasteiger partial charge in [-0.25, -0.2) is 0 Å². The maximum absolute atomic E-state index is 11.8. The second kappa shape index (κ2) is 4.64. The predicted octanol–water partition coefficient (Wildman–Crippen LogP) is 0.817. The van der Waals surface area contributed by atoms with Crippen LogP contribution in [0.3, 0.4) is 0 Å². The highest BCUT2D eigenvalue weighted by Crippen LogP contribution is 2.46. The topological polar surface area (TPSA) is 58.2 Å². The summed E-state index contributed by atoms with van der Waals surface area (Å²) in [5.74, 6) is -0.228. The fourth-order valence-electron chi connectivity index (χ4n) is 1.49. The molecule has 0 aliphatic heterocycles. The molecule has 86 valence electrons. The van der Waals surface area contributed by atoms with Crippen molar-refractivity contribution < 1.29 is 9.59 Å². The Morgan fingerprint density at radius 2 is 1.87 bits per heavy atom. The number of carbonyl (C=O) groups is 2. The zero-order valence-corrected chi connectivity index (χ0v) is 9.72. The Bertz CT molecular complexity index is 257. The summed E-state index contributed by atoms with van der Waals surface area (Å²) < 4.78 is 0. The van der Waals surface area contributed by atoms with Gasteiger partial charge in [-0.1, -0.05) is 6.92 Å². The molecule has 0 aromatic rings. The van der Waals surface area contributed by atoms with Gasteiger partial charge in [-0.3, -0.25) is 9.59 Å². The van der Waals surface area contributed by atoms with Gasteiger partial charge in [0, 0.05) is 12.6 Å². The molecule has 0 heterocycles. The Balaban J connectivity index is 2.51. The number of hydrogen-bond acceptors (Lipinski definition) is 2. The predicted molar refractivity (Wildman–Crippen MR) is 58.2 cm³/mol. The monoisotopic (exact) mass is 212 g/mol. The molecule has 0 aromatic heterocycles. The van der Waals surface area contributed by atoms with Crippen molar-refractivity contribution in [3.8, 4) is 0 Å². The fourth-order valence-corrected chi connectivity index (χ4v) is 1.49. The van der Waals surface area contributed by atoms with E-state index in [0.717, 1.165) is 6.42 Å². The lowest BCUT2D eigenvalue weighted by atomic mass is 10.0. The molecule has 1 aliphatic rings. The highest BCUT2D eigenvalue weighted by molar-refractivity contribution is 6.07. The summed E-state index contributed by atoms with van der Waals surface area (Å²) in [6, 6.07) is 0.0916. The van der Waals surface area contributed by atoms with Crippen LogP contribution in [0, 0.1) is 5.41 Å². The largest absolute Gasteiger partial charge is 0.355 e. The van der Waals surface area contributed by atoms with Crippen LogP contribution in [0.4, 0.5) is 0 Å². The van der Waals surface area contributed by atoms with Crippen molar-refractivity contribution in [2.45, 2.75) is 46.1 Å². The SMILES string of the molecule is CCCNC(=O)C1(C(=O)NC(C)C)CC1. The number of hydrogen-bond donors (Lipinski definition) is 2. The minimum atomic E-state index is -0.751. The maximum Gasteiger partial charge on any atom is 0.235 e. The molecule has 1 fully saturated rings. The average Bonchev–Trinajstić information content (AvgIpc) is 2.93. The molecular weight excluding hydrogens is 192 g/mol. The summed E-state index contributed by atoms with van der Waals surface area (Å²) in [5, 5.41) is 5.59. The van der Waals surface area contributed by atoms with Crippen molar-refractivity contribution in [1.29, 1.82) is 0 Å². The zero-order chi connectivity index (χ0) is 11.5. The molecule has 4 nitrogen and oxygen atoms in total. The lowest BCUT2D eigenvalue weighted by Gasteiger charge is -2.16. The first-order valence-corrected chi connectivity index (χ1v) is 5.62. The van der Waals surface area contributed by atoms with E-state index >= 15 is 0 Å². The second-order valence-electron chi connectivity index (χ2n) is 4.47. The third-order valence-electron chi connectivity index (χ3n) is 2.57. The van der Waals surface area contributed by atoms with Crippen molar-refractivity contribution in [3.63, 3.8) is 0 Å². The van der Waals surface area contributed by atoms with Gasteiger partial charge in [0.25, 0.3) is 0 Å². The van der Waals surface area contributed by atoms with Crippen molar-refractivity contribution in [2.75, 3.05) is 6.54 Å². The highest BCUT2D eigenvalue weighted by atomic mass is 16.2. The van der Waals surface area contributed by atoms with Gasteiger partial charge >= 0.3 is 0 Å². The molecule has 1 aliphatic carbocycles. The standard InChI is InChI=1S/C11H20N2O2/c1-4-7-12-9(14)11(5-6-11)10(15)13-8(2)3/h8H,4-7H2,1-3H3,(H,12,14)(H,13,15). The van der Waals surface area contributed by atoms with Gasteiger partial charge in [0.05, 0.1) is 0 Å². The van der Waals surface area contributed by atoms with E-state index in [0.29, 0.717) is 19.4 Å². The lowest BCUT2D eigenvalue weighted by molar-refractivity contribution is -0.137. The first-order valence-electron chi connectivity index (χ1n) is 5.62. The van der Waals surface area contributed by atoms with Crippen molar-refractivity contribution in [3.05, 3.63) is 0 Å². The van der Waals surface area contributed by atoms with Gasteiger partial charge in [0.1, 0.15) is 5.41 Å². The van der Waals surface area contributed by atoms with Gasteiger partial charge in [0.15, 0.2) is 0 Å². The Morgan fingerprint density at radius 1 is 1.27 bits per heavy atom. The van der Waals surface area contributed by atoms with Crippen LogP contribution in [-0.4, -0.2) is 24.4 Å². The van der Waals surface area contributed by atoms with E-state index in [2.05, 4.69) is 10.6 Å². The molecule has 15 heavy (non-hydrogen) atoms. The molecule has 0 saturated heterocycles. The van der Waals surface area contributed by atoms with Gasteiger partial charge in [-0.15, -0.1) is 0 Å². The first-order chi connectivity index (χ1) is 7.03. The molecule has 2 amide bonds. The lowest BCUT2D eigenvalue weighted by Crippen LogP contribution is -2.45. The molecule has 0 spiro atoms. The summed E-state index contributed by atoms with van der Waals surface area (Å²) in [6.07, 6.45) is 2.26. The summed E-state index contributed by atoms with van der Waals surface area (Å²) in [5.41, 5.74) is -0.751. The highest BCUT2D eigenvalue weighted by Gasteiger charge is 2.56. The fraction of sp³-hybridized carbons (Fsp3) is 0.818. The van der Waals surface area contributed by atoms with Crippen molar-refractivity contribution >= 4 is 11.8 Å². The van der Waals surface area contributed by atoms with Crippen LogP contribution in [0.2, 0.25) is 0 Å². The summed E-state index contributed by atoms with van der Waals surface area (Å²) >= 11 is 0. The minimum Gasteiger partial charge on any atom is -0.355 e. The molecule has 1 saturated carbocycles. The molecule has 4 heteroatoms. The van der Waals surface area contributed by atoms with E-state index in [-0.39, 0.29) is 17.9 Å². The molecule has 0 radical (unpaired) electrons. The van der Waals surface area contributed by atoms with E-state index in [1.54, 1.807) is 0 Å². The van der Waals surface area contributed by atoms with Crippen LogP contribution >= 0.6 is 0 Å². The van der Waals surface area contributed by atoms with Crippen LogP contribution in [0.5, 0.6) is 0 Å². The van der Waals surface area contributed by atoms with Gasteiger partial charge in [0.2, 0.25) is 11.8 Å². The summed E-state index contributed by atoms with van der Waals surface area (Å²) in [6.45, 7) is 6.44. The number of nitrogens with one attached hydrogen (secondary N) is 2. The van der Waals surface area contributed by atoms with Crippen LogP contribution in [-0.2, 0) is 9.59 Å². The van der Waals surface area contributed by atoms with Crippen molar-refractivity contribution in [1.82, 2.24) is 10.6 Å². The Kier molecular flexibility index (Phi) is 3.72. The van der Waals surface area contributed by atoms with Crippen LogP contribution < -0.4 is 10.6 Å². The summed E-state index contributed by atoms with van der Waals surface area (Å²) in [4.78, 5) is 23.5. The Morgan fingerprint density at radius 3 is 2.27 bits per heavy atom.